The zero-order valence-corrected chi connectivity index (χ0v) is 6.77. The van der Waals surface area contributed by atoms with Gasteiger partial charge in [0.1, 0.15) is 0 Å². The molecule has 0 amide bonds. The van der Waals surface area contributed by atoms with E-state index in [1.807, 2.05) is 30.5 Å². The lowest BCUT2D eigenvalue weighted by Crippen LogP contribution is -2.32. The summed E-state index contributed by atoms with van der Waals surface area (Å²) in [5.41, 5.74) is 1.23. The molecule has 0 atom stereocenters. The fraction of sp³-hybridized carbons (Fsp3) is 0.100. The van der Waals surface area contributed by atoms with Crippen molar-refractivity contribution in [3.8, 4) is 0 Å². The van der Waals surface area contributed by atoms with Crippen LogP contribution in [0.5, 0.6) is 0 Å². The molecule has 2 heterocycles. The number of nitrogens with one attached hydrogen (secondary N) is 1. The van der Waals surface area contributed by atoms with Crippen LogP contribution >= 0.6 is 0 Å². The molecule has 60 valence electrons. The molecule has 0 fully saturated rings. The van der Waals surface area contributed by atoms with E-state index >= 15 is 0 Å². The zero-order chi connectivity index (χ0) is 8.23. The number of H-pyrrole nitrogens is 1. The van der Waals surface area contributed by atoms with Crippen LogP contribution in [0.2, 0.25) is 0 Å². The molecule has 2 rings (SSSR count). The van der Waals surface area contributed by atoms with Gasteiger partial charge in [-0.1, -0.05) is 6.07 Å². The summed E-state index contributed by atoms with van der Waals surface area (Å²) in [7, 11) is 0. The van der Waals surface area contributed by atoms with Crippen LogP contribution < -0.4 is 4.57 Å². The zero-order valence-electron chi connectivity index (χ0n) is 6.77. The fourth-order valence-corrected chi connectivity index (χ4v) is 1.20. The van der Waals surface area contributed by atoms with Gasteiger partial charge in [0.25, 0.3) is 0 Å². The second-order valence-electron chi connectivity index (χ2n) is 2.74. The van der Waals surface area contributed by atoms with Crippen molar-refractivity contribution in [1.82, 2.24) is 4.98 Å². The summed E-state index contributed by atoms with van der Waals surface area (Å²) in [5.74, 6) is 0. The highest BCUT2D eigenvalue weighted by atomic mass is 14.9. The van der Waals surface area contributed by atoms with Gasteiger partial charge < -0.3 is 4.98 Å². The summed E-state index contributed by atoms with van der Waals surface area (Å²) in [4.78, 5) is 3.16. The molecule has 0 aliphatic rings. The van der Waals surface area contributed by atoms with Crippen molar-refractivity contribution < 1.29 is 4.57 Å². The van der Waals surface area contributed by atoms with Gasteiger partial charge in [-0.25, -0.2) is 0 Å². The Kier molecular flexibility index (Phi) is 1.90. The van der Waals surface area contributed by atoms with Crippen LogP contribution in [0.3, 0.4) is 0 Å². The third-order valence-corrected chi connectivity index (χ3v) is 1.79. The molecule has 0 saturated heterocycles. The van der Waals surface area contributed by atoms with Crippen molar-refractivity contribution in [2.24, 2.45) is 0 Å². The van der Waals surface area contributed by atoms with Crippen LogP contribution in [-0.4, -0.2) is 4.98 Å². The summed E-state index contributed by atoms with van der Waals surface area (Å²) in [6.45, 7) is 0.911. The Bertz CT molecular complexity index is 324. The molecule has 0 aromatic carbocycles. The van der Waals surface area contributed by atoms with Crippen molar-refractivity contribution in [3.05, 3.63) is 54.6 Å². The third-order valence-electron chi connectivity index (χ3n) is 1.79. The second-order valence-corrected chi connectivity index (χ2v) is 2.74. The largest absolute Gasteiger partial charge is 0.360 e. The summed E-state index contributed by atoms with van der Waals surface area (Å²) in [6.07, 6.45) is 6.06. The van der Waals surface area contributed by atoms with Crippen LogP contribution in [0, 0.1) is 0 Å². The number of aromatic nitrogens is 2. The smallest absolute Gasteiger partial charge is 0.188 e. The Balaban J connectivity index is 2.15. The van der Waals surface area contributed by atoms with Crippen molar-refractivity contribution in [1.29, 1.82) is 0 Å². The number of rotatable bonds is 2. The standard InChI is InChI=1S/C10H11N2/c1-2-7-12(8-3-1)9-10-5-4-6-11-10/h1-8,11H,9H2/q+1. The van der Waals surface area contributed by atoms with Crippen molar-refractivity contribution in [2.75, 3.05) is 0 Å². The van der Waals surface area contributed by atoms with Crippen LogP contribution in [0.25, 0.3) is 0 Å². The first-order valence-electron chi connectivity index (χ1n) is 4.01. The highest BCUT2D eigenvalue weighted by molar-refractivity contribution is 5.01. The van der Waals surface area contributed by atoms with Gasteiger partial charge in [-0.15, -0.1) is 0 Å². The van der Waals surface area contributed by atoms with E-state index in [-0.39, 0.29) is 0 Å². The Morgan fingerprint density at radius 2 is 1.92 bits per heavy atom. The number of pyridine rings is 1. The van der Waals surface area contributed by atoms with Gasteiger partial charge in [0, 0.05) is 18.3 Å². The average molecular weight is 159 g/mol. The van der Waals surface area contributed by atoms with Crippen LogP contribution in [0.15, 0.2) is 48.9 Å². The van der Waals surface area contributed by atoms with Gasteiger partial charge in [0.2, 0.25) is 0 Å². The first kappa shape index (κ1) is 7.10. The number of hydrogen-bond acceptors (Lipinski definition) is 0. The maximum Gasteiger partial charge on any atom is 0.188 e. The molecule has 2 aromatic heterocycles. The molecule has 1 N–H and O–H groups in total. The summed E-state index contributed by atoms with van der Waals surface area (Å²) in [6, 6.07) is 10.2. The normalized spacial score (nSPS) is 10.0. The van der Waals surface area contributed by atoms with Gasteiger partial charge in [-0.3, -0.25) is 0 Å². The third kappa shape index (κ3) is 1.53. The first-order chi connectivity index (χ1) is 5.95. The van der Waals surface area contributed by atoms with Gasteiger partial charge in [0.15, 0.2) is 18.9 Å². The van der Waals surface area contributed by atoms with E-state index < -0.39 is 0 Å². The molecule has 0 aliphatic heterocycles. The Morgan fingerprint density at radius 3 is 2.58 bits per heavy atom. The van der Waals surface area contributed by atoms with E-state index in [2.05, 4.69) is 28.0 Å². The molecular formula is C10H11N2+. The number of aromatic amines is 1. The summed E-state index contributed by atoms with van der Waals surface area (Å²) >= 11 is 0. The minimum absolute atomic E-state index is 0.911. The van der Waals surface area contributed by atoms with Gasteiger partial charge in [0.05, 0.1) is 5.69 Å². The van der Waals surface area contributed by atoms with Gasteiger partial charge in [-0.2, -0.15) is 4.57 Å². The van der Waals surface area contributed by atoms with E-state index in [0.29, 0.717) is 0 Å². The highest BCUT2D eigenvalue weighted by Gasteiger charge is 1.99. The van der Waals surface area contributed by atoms with Crippen molar-refractivity contribution >= 4 is 0 Å². The topological polar surface area (TPSA) is 19.7 Å². The number of hydrogen-bond donors (Lipinski definition) is 1. The minimum atomic E-state index is 0.911. The summed E-state index contributed by atoms with van der Waals surface area (Å²) < 4.78 is 2.13. The van der Waals surface area contributed by atoms with E-state index in [1.54, 1.807) is 0 Å². The first-order valence-corrected chi connectivity index (χ1v) is 4.01. The predicted octanol–water partition coefficient (Wildman–Crippen LogP) is 1.35. The SMILES string of the molecule is c1cc[n+](Cc2ccc[nH]2)cc1. The molecule has 0 bridgehead atoms. The quantitative estimate of drug-likeness (QED) is 0.638. The summed E-state index contributed by atoms with van der Waals surface area (Å²) in [5, 5.41) is 0. The van der Waals surface area contributed by atoms with Gasteiger partial charge >= 0.3 is 0 Å². The molecule has 12 heavy (non-hydrogen) atoms. The average Bonchev–Trinajstić information content (AvgIpc) is 2.59. The van der Waals surface area contributed by atoms with Crippen molar-refractivity contribution in [3.63, 3.8) is 0 Å². The van der Waals surface area contributed by atoms with Gasteiger partial charge in [-0.05, 0) is 12.1 Å². The Hall–Kier alpha value is -1.57. The van der Waals surface area contributed by atoms with E-state index in [0.717, 1.165) is 6.54 Å². The molecule has 0 saturated carbocycles. The molecule has 0 spiro atoms. The Labute approximate surface area is 71.5 Å². The molecule has 2 nitrogen and oxygen atoms in total. The molecule has 0 radical (unpaired) electrons. The van der Waals surface area contributed by atoms with E-state index in [9.17, 15) is 0 Å². The molecular weight excluding hydrogens is 148 g/mol. The molecule has 0 aliphatic carbocycles. The molecule has 2 aromatic rings. The fourth-order valence-electron chi connectivity index (χ4n) is 1.20. The molecule has 2 heteroatoms. The van der Waals surface area contributed by atoms with Crippen LogP contribution in [0.1, 0.15) is 5.69 Å². The minimum Gasteiger partial charge on any atom is -0.360 e. The Morgan fingerprint density at radius 1 is 1.08 bits per heavy atom. The monoisotopic (exact) mass is 159 g/mol. The van der Waals surface area contributed by atoms with E-state index in [1.165, 1.54) is 5.69 Å². The highest BCUT2D eigenvalue weighted by Crippen LogP contribution is 1.92. The van der Waals surface area contributed by atoms with Crippen LogP contribution in [0.4, 0.5) is 0 Å². The lowest BCUT2D eigenvalue weighted by Gasteiger charge is -1.92. The second kappa shape index (κ2) is 3.22. The van der Waals surface area contributed by atoms with E-state index in [4.69, 9.17) is 0 Å². The maximum absolute atomic E-state index is 3.16. The van der Waals surface area contributed by atoms with Crippen LogP contribution in [-0.2, 0) is 6.54 Å². The molecule has 0 unspecified atom stereocenters. The lowest BCUT2D eigenvalue weighted by molar-refractivity contribution is -0.688. The maximum atomic E-state index is 3.16. The predicted molar refractivity (Wildman–Crippen MR) is 46.5 cm³/mol. The lowest BCUT2D eigenvalue weighted by atomic mass is 10.4. The van der Waals surface area contributed by atoms with Crippen molar-refractivity contribution in [2.45, 2.75) is 6.54 Å². The number of nitrogens with zero attached hydrogens (tertiary/aromatic N) is 1.